The molecule has 2 amide bonds. The number of benzene rings is 2. The monoisotopic (exact) mass is 429 g/mol. The van der Waals surface area contributed by atoms with Crippen LogP contribution in [-0.4, -0.2) is 32.1 Å². The third kappa shape index (κ3) is 3.81. The molecule has 4 rings (SSSR count). The van der Waals surface area contributed by atoms with Gasteiger partial charge >= 0.3 is 0 Å². The second-order valence-electron chi connectivity index (χ2n) is 7.81. The highest BCUT2D eigenvalue weighted by Crippen LogP contribution is 2.24. The van der Waals surface area contributed by atoms with Crippen molar-refractivity contribution >= 4 is 17.5 Å². The van der Waals surface area contributed by atoms with E-state index in [0.29, 0.717) is 23.4 Å². The quantitative estimate of drug-likeness (QED) is 0.673. The summed E-state index contributed by atoms with van der Waals surface area (Å²) in [7, 11) is 1.76. The Kier molecular flexibility index (Phi) is 5.65. The van der Waals surface area contributed by atoms with Gasteiger partial charge in [0, 0.05) is 20.0 Å². The molecule has 1 aromatic heterocycles. The van der Waals surface area contributed by atoms with Gasteiger partial charge in [0.1, 0.15) is 11.7 Å². The zero-order valence-corrected chi connectivity index (χ0v) is 17.9. The Balaban J connectivity index is 1.59. The zero-order chi connectivity index (χ0) is 22.8. The predicted molar refractivity (Wildman–Crippen MR) is 119 cm³/mol. The molecule has 8 heteroatoms. The lowest BCUT2D eigenvalue weighted by atomic mass is 10.1. The smallest absolute Gasteiger partial charge is 0.295 e. The molecule has 8 nitrogen and oxygen atoms in total. The summed E-state index contributed by atoms with van der Waals surface area (Å²) in [6.07, 6.45) is 0.638. The van der Waals surface area contributed by atoms with E-state index in [4.69, 9.17) is 5.26 Å². The first-order chi connectivity index (χ1) is 15.4. The molecule has 1 aliphatic rings. The van der Waals surface area contributed by atoms with Gasteiger partial charge in [-0.25, -0.2) is 4.68 Å². The lowest BCUT2D eigenvalue weighted by Crippen LogP contribution is -2.41. The Morgan fingerprint density at radius 2 is 1.91 bits per heavy atom. The molecule has 1 saturated heterocycles. The fraction of sp³-hybridized carbons (Fsp3) is 0.250. The Labute approximate surface area is 185 Å². The van der Waals surface area contributed by atoms with Crippen LogP contribution in [0.1, 0.15) is 29.7 Å². The highest BCUT2D eigenvalue weighted by molar-refractivity contribution is 5.99. The van der Waals surface area contributed by atoms with E-state index in [1.807, 2.05) is 36.4 Å². The highest BCUT2D eigenvalue weighted by Gasteiger charge is 2.36. The minimum Gasteiger partial charge on any atom is -0.326 e. The molecule has 0 unspecified atom stereocenters. The van der Waals surface area contributed by atoms with Crippen LogP contribution in [0.25, 0.3) is 5.69 Å². The highest BCUT2D eigenvalue weighted by atomic mass is 16.2. The maximum absolute atomic E-state index is 13.1. The number of amides is 2. The molecule has 0 radical (unpaired) electrons. The lowest BCUT2D eigenvalue weighted by Gasteiger charge is -2.24. The number of para-hydroxylation sites is 1. The SMILES string of the molecule is Cc1c(NC(=O)[C@H]2CCC(=O)N2Cc2cccc(C#N)c2)c(=O)n(-c2ccccc2)n1C. The topological polar surface area (TPSA) is 100 Å². The minimum atomic E-state index is -0.683. The molecule has 3 aromatic rings. The van der Waals surface area contributed by atoms with Gasteiger partial charge in [0.15, 0.2) is 0 Å². The zero-order valence-electron chi connectivity index (χ0n) is 17.9. The molecule has 2 aromatic carbocycles. The number of carbonyl (C=O) groups excluding carboxylic acids is 2. The first-order valence-electron chi connectivity index (χ1n) is 10.3. The van der Waals surface area contributed by atoms with Gasteiger partial charge in [-0.05, 0) is 43.2 Å². The van der Waals surface area contributed by atoms with Crippen molar-refractivity contribution in [3.8, 4) is 11.8 Å². The van der Waals surface area contributed by atoms with Gasteiger partial charge in [-0.15, -0.1) is 0 Å². The molecular formula is C24H23N5O3. The molecule has 162 valence electrons. The van der Waals surface area contributed by atoms with Crippen molar-refractivity contribution in [2.75, 3.05) is 5.32 Å². The Bertz CT molecular complexity index is 1280. The van der Waals surface area contributed by atoms with Crippen LogP contribution in [0.4, 0.5) is 5.69 Å². The number of nitriles is 1. The molecule has 1 atom stereocenters. The van der Waals surface area contributed by atoms with Gasteiger partial charge in [-0.3, -0.25) is 19.1 Å². The molecule has 2 heterocycles. The summed E-state index contributed by atoms with van der Waals surface area (Å²) in [5.41, 5.74) is 2.45. The van der Waals surface area contributed by atoms with Gasteiger partial charge in [0.2, 0.25) is 11.8 Å². The largest absolute Gasteiger partial charge is 0.326 e. The Morgan fingerprint density at radius 1 is 1.16 bits per heavy atom. The van der Waals surface area contributed by atoms with Crippen LogP contribution in [-0.2, 0) is 23.2 Å². The van der Waals surface area contributed by atoms with Crippen LogP contribution in [0.15, 0.2) is 59.4 Å². The van der Waals surface area contributed by atoms with Crippen LogP contribution in [0.5, 0.6) is 0 Å². The van der Waals surface area contributed by atoms with Crippen molar-refractivity contribution in [3.05, 3.63) is 81.8 Å². The van der Waals surface area contributed by atoms with E-state index in [0.717, 1.165) is 5.56 Å². The van der Waals surface area contributed by atoms with E-state index in [1.54, 1.807) is 36.9 Å². The first kappa shape index (κ1) is 21.1. The fourth-order valence-electron chi connectivity index (χ4n) is 4.06. The average Bonchev–Trinajstić information content (AvgIpc) is 3.26. The second kappa shape index (κ2) is 8.55. The van der Waals surface area contributed by atoms with Gasteiger partial charge in [-0.1, -0.05) is 30.3 Å². The van der Waals surface area contributed by atoms with Crippen molar-refractivity contribution in [1.29, 1.82) is 5.26 Å². The normalized spacial score (nSPS) is 15.6. The average molecular weight is 429 g/mol. The fourth-order valence-corrected chi connectivity index (χ4v) is 4.06. The van der Waals surface area contributed by atoms with Crippen LogP contribution in [0.2, 0.25) is 0 Å². The third-order valence-corrected chi connectivity index (χ3v) is 5.84. The second-order valence-corrected chi connectivity index (χ2v) is 7.81. The van der Waals surface area contributed by atoms with Crippen molar-refractivity contribution in [2.24, 2.45) is 7.05 Å². The Hall–Kier alpha value is -4.12. The molecular weight excluding hydrogens is 406 g/mol. The van der Waals surface area contributed by atoms with E-state index >= 15 is 0 Å². The molecule has 1 N–H and O–H groups in total. The summed E-state index contributed by atoms with van der Waals surface area (Å²) < 4.78 is 3.19. The van der Waals surface area contributed by atoms with Crippen LogP contribution < -0.4 is 10.9 Å². The van der Waals surface area contributed by atoms with Crippen LogP contribution in [0, 0.1) is 18.3 Å². The molecule has 0 saturated carbocycles. The molecule has 1 fully saturated rings. The number of hydrogen-bond donors (Lipinski definition) is 1. The number of anilines is 1. The van der Waals surface area contributed by atoms with Gasteiger partial charge in [-0.2, -0.15) is 5.26 Å². The standard InChI is InChI=1S/C24H23N5O3/c1-16-22(24(32)29(27(16)2)19-9-4-3-5-10-19)26-23(31)20-11-12-21(30)28(20)15-18-8-6-7-17(13-18)14-25/h3-10,13,20H,11-12,15H2,1-2H3,(H,26,31)/t20-/m1/s1. The Morgan fingerprint density at radius 3 is 2.62 bits per heavy atom. The number of rotatable bonds is 5. The van der Waals surface area contributed by atoms with E-state index in [9.17, 15) is 14.4 Å². The summed E-state index contributed by atoms with van der Waals surface area (Å²) >= 11 is 0. The minimum absolute atomic E-state index is 0.126. The van der Waals surface area contributed by atoms with Crippen molar-refractivity contribution in [3.63, 3.8) is 0 Å². The van der Waals surface area contributed by atoms with Crippen molar-refractivity contribution in [2.45, 2.75) is 32.4 Å². The summed E-state index contributed by atoms with van der Waals surface area (Å²) in [4.78, 5) is 40.2. The number of nitrogens with zero attached hydrogens (tertiary/aromatic N) is 4. The molecule has 0 bridgehead atoms. The van der Waals surface area contributed by atoms with Crippen molar-refractivity contribution in [1.82, 2.24) is 14.3 Å². The number of carbonyl (C=O) groups is 2. The van der Waals surface area contributed by atoms with E-state index in [2.05, 4.69) is 11.4 Å². The summed E-state index contributed by atoms with van der Waals surface area (Å²) in [6, 6.07) is 17.6. The van der Waals surface area contributed by atoms with E-state index < -0.39 is 11.9 Å². The molecule has 0 spiro atoms. The van der Waals surface area contributed by atoms with Gasteiger partial charge < -0.3 is 10.2 Å². The summed E-state index contributed by atoms with van der Waals surface area (Å²) in [5.74, 6) is -0.516. The maximum atomic E-state index is 13.1. The summed E-state index contributed by atoms with van der Waals surface area (Å²) in [5, 5.41) is 11.9. The van der Waals surface area contributed by atoms with Gasteiger partial charge in [0.05, 0.1) is 23.0 Å². The number of hydrogen-bond acceptors (Lipinski definition) is 4. The molecule has 0 aliphatic carbocycles. The van der Waals surface area contributed by atoms with Crippen LogP contribution >= 0.6 is 0 Å². The number of nitrogens with one attached hydrogen (secondary N) is 1. The first-order valence-corrected chi connectivity index (χ1v) is 10.3. The maximum Gasteiger partial charge on any atom is 0.295 e. The predicted octanol–water partition coefficient (Wildman–Crippen LogP) is 2.49. The number of likely N-dealkylation sites (tertiary alicyclic amines) is 1. The van der Waals surface area contributed by atoms with Gasteiger partial charge in [0.25, 0.3) is 5.56 Å². The summed E-state index contributed by atoms with van der Waals surface area (Å²) in [6.45, 7) is 2.00. The van der Waals surface area contributed by atoms with Crippen molar-refractivity contribution < 1.29 is 9.59 Å². The van der Waals surface area contributed by atoms with E-state index in [1.165, 1.54) is 9.58 Å². The molecule has 1 aliphatic heterocycles. The molecule has 32 heavy (non-hydrogen) atoms. The lowest BCUT2D eigenvalue weighted by molar-refractivity contribution is -0.133. The third-order valence-electron chi connectivity index (χ3n) is 5.84. The number of aromatic nitrogens is 2. The van der Waals surface area contributed by atoms with E-state index in [-0.39, 0.29) is 30.1 Å². The van der Waals surface area contributed by atoms with Crippen LogP contribution in [0.3, 0.4) is 0 Å².